The van der Waals surface area contributed by atoms with Gasteiger partial charge in [0, 0.05) is 5.69 Å². The molecule has 0 aromatic heterocycles. The average molecular weight is 272 g/mol. The number of hydrogen-bond acceptors (Lipinski definition) is 3. The van der Waals surface area contributed by atoms with E-state index < -0.39 is 29.7 Å². The Morgan fingerprint density at radius 1 is 1.37 bits per heavy atom. The van der Waals surface area contributed by atoms with Gasteiger partial charge in [-0.1, -0.05) is 0 Å². The second-order valence-electron chi connectivity index (χ2n) is 3.91. The minimum absolute atomic E-state index is 0.124. The summed E-state index contributed by atoms with van der Waals surface area (Å²) in [7, 11) is 0. The zero-order chi connectivity index (χ0) is 14.6. The predicted octanol–water partition coefficient (Wildman–Crippen LogP) is 2.16. The van der Waals surface area contributed by atoms with E-state index in [-0.39, 0.29) is 5.69 Å². The lowest BCUT2D eigenvalue weighted by Gasteiger charge is -2.13. The summed E-state index contributed by atoms with van der Waals surface area (Å²) in [6, 6.07) is 5.41. The number of amides is 1. The van der Waals surface area contributed by atoms with Crippen molar-refractivity contribution in [2.75, 3.05) is 5.32 Å². The lowest BCUT2D eigenvalue weighted by Crippen LogP contribution is -2.29. The van der Waals surface area contributed by atoms with Gasteiger partial charge in [-0.05, 0) is 31.2 Å². The number of hydrogen-bond donors (Lipinski definition) is 2. The van der Waals surface area contributed by atoms with Gasteiger partial charge in [-0.3, -0.25) is 4.79 Å². The van der Waals surface area contributed by atoms with Crippen LogP contribution < -0.4 is 5.32 Å². The van der Waals surface area contributed by atoms with Gasteiger partial charge >= 0.3 is 6.18 Å². The number of carbonyl (C=O) groups excluding carboxylic acids is 1. The zero-order valence-corrected chi connectivity index (χ0v) is 9.90. The second-order valence-corrected chi connectivity index (χ2v) is 3.91. The first-order chi connectivity index (χ1) is 8.75. The van der Waals surface area contributed by atoms with Gasteiger partial charge in [-0.2, -0.15) is 18.4 Å². The number of nitriles is 1. The van der Waals surface area contributed by atoms with Crippen LogP contribution in [0.4, 0.5) is 18.9 Å². The number of carbonyl (C=O) groups is 1. The lowest BCUT2D eigenvalue weighted by molar-refractivity contribution is -0.137. The molecular weight excluding hydrogens is 261 g/mol. The smallest absolute Gasteiger partial charge is 0.391 e. The summed E-state index contributed by atoms with van der Waals surface area (Å²) in [6.07, 6.45) is -5.61. The van der Waals surface area contributed by atoms with E-state index in [4.69, 9.17) is 5.26 Å². The Kier molecular flexibility index (Phi) is 4.51. The third kappa shape index (κ3) is 3.96. The van der Waals surface area contributed by atoms with Crippen molar-refractivity contribution in [1.82, 2.24) is 0 Å². The zero-order valence-electron chi connectivity index (χ0n) is 9.90. The molecule has 1 aromatic carbocycles. The molecule has 7 heteroatoms. The first-order valence-electron chi connectivity index (χ1n) is 5.31. The van der Waals surface area contributed by atoms with Crippen LogP contribution in [-0.4, -0.2) is 17.1 Å². The quantitative estimate of drug-likeness (QED) is 0.885. The summed E-state index contributed by atoms with van der Waals surface area (Å²) in [5.41, 5.74) is -0.711. The van der Waals surface area contributed by atoms with Gasteiger partial charge in [0.1, 0.15) is 0 Å². The van der Waals surface area contributed by atoms with Gasteiger partial charge in [0.2, 0.25) is 5.91 Å². The third-order valence-corrected chi connectivity index (χ3v) is 2.38. The van der Waals surface area contributed by atoms with Crippen LogP contribution in [0.25, 0.3) is 0 Å². The lowest BCUT2D eigenvalue weighted by atomic mass is 10.0. The van der Waals surface area contributed by atoms with Crippen LogP contribution >= 0.6 is 0 Å². The van der Waals surface area contributed by atoms with Crippen LogP contribution in [0.5, 0.6) is 0 Å². The second kappa shape index (κ2) is 5.71. The molecule has 19 heavy (non-hydrogen) atoms. The van der Waals surface area contributed by atoms with Gasteiger partial charge in [-0.15, -0.1) is 0 Å². The summed E-state index contributed by atoms with van der Waals surface area (Å²) in [4.78, 5) is 11.6. The van der Waals surface area contributed by atoms with E-state index >= 15 is 0 Å². The number of aliphatic hydroxyl groups is 1. The van der Waals surface area contributed by atoms with Crippen molar-refractivity contribution in [3.63, 3.8) is 0 Å². The Hall–Kier alpha value is -2.07. The molecule has 2 N–H and O–H groups in total. The molecule has 0 fully saturated rings. The maximum absolute atomic E-state index is 12.3. The maximum Gasteiger partial charge on any atom is 0.416 e. The van der Waals surface area contributed by atoms with Crippen molar-refractivity contribution >= 4 is 11.6 Å². The molecule has 0 bridgehead atoms. The molecule has 1 rings (SSSR count). The predicted molar refractivity (Wildman–Crippen MR) is 60.9 cm³/mol. The van der Waals surface area contributed by atoms with E-state index in [1.54, 1.807) is 6.07 Å². The van der Waals surface area contributed by atoms with E-state index in [0.717, 1.165) is 24.3 Å². The van der Waals surface area contributed by atoms with Gasteiger partial charge < -0.3 is 10.4 Å². The van der Waals surface area contributed by atoms with Crippen LogP contribution in [0.15, 0.2) is 24.3 Å². The number of nitrogens with one attached hydrogen (secondary N) is 1. The molecule has 0 heterocycles. The van der Waals surface area contributed by atoms with E-state index in [1.807, 2.05) is 0 Å². The largest absolute Gasteiger partial charge is 0.416 e. The number of benzene rings is 1. The molecule has 0 saturated heterocycles. The molecule has 0 aliphatic heterocycles. The maximum atomic E-state index is 12.3. The number of nitrogens with zero attached hydrogens (tertiary/aromatic N) is 1. The minimum Gasteiger partial charge on any atom is -0.391 e. The molecule has 4 nitrogen and oxygen atoms in total. The molecular formula is C12H11F3N2O2. The number of anilines is 1. The van der Waals surface area contributed by atoms with Crippen LogP contribution in [-0.2, 0) is 11.0 Å². The van der Waals surface area contributed by atoms with E-state index in [2.05, 4.69) is 5.32 Å². The van der Waals surface area contributed by atoms with Crippen LogP contribution in [0.1, 0.15) is 12.5 Å². The summed E-state index contributed by atoms with van der Waals surface area (Å²) < 4.78 is 36.9. The summed E-state index contributed by atoms with van der Waals surface area (Å²) >= 11 is 0. The molecule has 0 spiro atoms. The van der Waals surface area contributed by atoms with Crippen molar-refractivity contribution in [2.24, 2.45) is 5.92 Å². The Balaban J connectivity index is 2.79. The van der Waals surface area contributed by atoms with Crippen molar-refractivity contribution in [3.8, 4) is 6.07 Å². The van der Waals surface area contributed by atoms with Gasteiger partial charge in [-0.25, -0.2) is 0 Å². The van der Waals surface area contributed by atoms with Crippen LogP contribution in [0, 0.1) is 17.2 Å². The van der Waals surface area contributed by atoms with Crippen molar-refractivity contribution < 1.29 is 23.1 Å². The Morgan fingerprint density at radius 3 is 2.26 bits per heavy atom. The van der Waals surface area contributed by atoms with E-state index in [1.165, 1.54) is 6.92 Å². The minimum atomic E-state index is -4.45. The first kappa shape index (κ1) is 15.0. The number of rotatable bonds is 3. The molecule has 0 radical (unpaired) electrons. The molecule has 0 aliphatic rings. The molecule has 0 aliphatic carbocycles. The first-order valence-corrected chi connectivity index (χ1v) is 5.31. The fourth-order valence-electron chi connectivity index (χ4n) is 1.35. The molecule has 0 saturated carbocycles. The SMILES string of the molecule is CC(O)C(C#N)C(=O)Nc1ccc(C(F)(F)F)cc1. The fourth-order valence-corrected chi connectivity index (χ4v) is 1.35. The molecule has 2 atom stereocenters. The van der Waals surface area contributed by atoms with Crippen LogP contribution in [0.3, 0.4) is 0 Å². The topological polar surface area (TPSA) is 73.1 Å². The summed E-state index contributed by atoms with van der Waals surface area (Å²) in [5, 5.41) is 20.1. The highest BCUT2D eigenvalue weighted by atomic mass is 19.4. The van der Waals surface area contributed by atoms with Gasteiger partial charge in [0.05, 0.1) is 17.7 Å². The Labute approximate surface area is 107 Å². The van der Waals surface area contributed by atoms with Crippen molar-refractivity contribution in [1.29, 1.82) is 5.26 Å². The molecule has 2 unspecified atom stereocenters. The molecule has 1 aromatic rings. The number of alkyl halides is 3. The Bertz CT molecular complexity index is 489. The molecule has 1 amide bonds. The van der Waals surface area contributed by atoms with Gasteiger partial charge in [0.15, 0.2) is 5.92 Å². The normalized spacial score (nSPS) is 14.3. The Morgan fingerprint density at radius 2 is 1.89 bits per heavy atom. The highest BCUT2D eigenvalue weighted by molar-refractivity contribution is 5.94. The van der Waals surface area contributed by atoms with Crippen molar-refractivity contribution in [2.45, 2.75) is 19.2 Å². The number of aliphatic hydroxyl groups excluding tert-OH is 1. The monoisotopic (exact) mass is 272 g/mol. The van der Waals surface area contributed by atoms with Gasteiger partial charge in [0.25, 0.3) is 0 Å². The summed E-state index contributed by atoms with van der Waals surface area (Å²) in [6.45, 7) is 1.28. The third-order valence-electron chi connectivity index (χ3n) is 2.38. The van der Waals surface area contributed by atoms with Crippen LogP contribution in [0.2, 0.25) is 0 Å². The molecule has 102 valence electrons. The summed E-state index contributed by atoms with van der Waals surface area (Å²) in [5.74, 6) is -2.04. The highest BCUT2D eigenvalue weighted by Gasteiger charge is 2.30. The van der Waals surface area contributed by atoms with Crippen molar-refractivity contribution in [3.05, 3.63) is 29.8 Å². The average Bonchev–Trinajstić information content (AvgIpc) is 2.28. The standard InChI is InChI=1S/C12H11F3N2O2/c1-7(18)10(6-16)11(19)17-9-4-2-8(3-5-9)12(13,14)15/h2-5,7,10,18H,1H3,(H,17,19). The van der Waals surface area contributed by atoms with E-state index in [0.29, 0.717) is 0 Å². The highest BCUT2D eigenvalue weighted by Crippen LogP contribution is 2.29. The fraction of sp³-hybridized carbons (Fsp3) is 0.333. The number of halogens is 3. The van der Waals surface area contributed by atoms with E-state index in [9.17, 15) is 23.1 Å².